The maximum absolute atomic E-state index is 14.2. The van der Waals surface area contributed by atoms with Crippen LogP contribution in [0.5, 0.6) is 5.75 Å². The van der Waals surface area contributed by atoms with Gasteiger partial charge in [-0.05, 0) is 48.4 Å². The minimum Gasteiger partial charge on any atom is -0.429 e. The van der Waals surface area contributed by atoms with Crippen molar-refractivity contribution in [3.8, 4) is 5.75 Å². The Morgan fingerprint density at radius 1 is 0.923 bits per heavy atom. The molecule has 2 aromatic carbocycles. The molecule has 0 aliphatic rings. The van der Waals surface area contributed by atoms with E-state index >= 15 is 0 Å². The fourth-order valence-corrected chi connectivity index (χ4v) is 2.27. The van der Waals surface area contributed by atoms with Crippen molar-refractivity contribution in [3.05, 3.63) is 71.3 Å². The van der Waals surface area contributed by atoms with Gasteiger partial charge in [-0.1, -0.05) is 25.5 Å². The lowest BCUT2D eigenvalue weighted by Crippen LogP contribution is -2.21. The van der Waals surface area contributed by atoms with Crippen LogP contribution in [0.3, 0.4) is 0 Å². The first-order valence-electron chi connectivity index (χ1n) is 7.82. The number of rotatable bonds is 6. The van der Waals surface area contributed by atoms with Crippen molar-refractivity contribution in [2.24, 2.45) is 0 Å². The van der Waals surface area contributed by atoms with Crippen LogP contribution in [0.4, 0.5) is 26.3 Å². The van der Waals surface area contributed by atoms with Gasteiger partial charge in [-0.2, -0.15) is 22.0 Å². The molecule has 0 aliphatic heterocycles. The summed E-state index contributed by atoms with van der Waals surface area (Å²) >= 11 is 0. The van der Waals surface area contributed by atoms with Crippen LogP contribution in [0.15, 0.2) is 54.6 Å². The molecule has 2 aromatic rings. The normalized spacial score (nSPS) is 13.0. The molecule has 0 atom stereocenters. The Bertz CT molecular complexity index is 745. The Kier molecular flexibility index (Phi) is 6.00. The van der Waals surface area contributed by atoms with Crippen molar-refractivity contribution < 1.29 is 31.1 Å². The quantitative estimate of drug-likeness (QED) is 0.515. The summed E-state index contributed by atoms with van der Waals surface area (Å²) in [6.45, 7) is 1.97. The standard InChI is InChI=1S/C19H16F6O/c1-2-3-13-4-8-15(9-5-13)19(24,25)26-16-10-6-14(7-11-16)17(20)12-18(21,22)23/h4-12H,2-3H2,1H3/b17-12-. The number of benzene rings is 2. The molecular formula is C19H16F6O. The van der Waals surface area contributed by atoms with E-state index in [0.29, 0.717) is 0 Å². The largest absolute Gasteiger partial charge is 0.429 e. The van der Waals surface area contributed by atoms with Crippen molar-refractivity contribution in [1.82, 2.24) is 0 Å². The van der Waals surface area contributed by atoms with Gasteiger partial charge in [0.1, 0.15) is 11.6 Å². The second-order valence-corrected chi connectivity index (χ2v) is 5.62. The van der Waals surface area contributed by atoms with Crippen molar-refractivity contribution >= 4 is 5.83 Å². The van der Waals surface area contributed by atoms with E-state index in [9.17, 15) is 26.3 Å². The fourth-order valence-electron chi connectivity index (χ4n) is 2.27. The molecular weight excluding hydrogens is 358 g/mol. The third-order valence-electron chi connectivity index (χ3n) is 3.50. The maximum Gasteiger partial charge on any atom is 0.426 e. The van der Waals surface area contributed by atoms with E-state index in [1.165, 1.54) is 12.1 Å². The summed E-state index contributed by atoms with van der Waals surface area (Å²) in [6.07, 6.45) is -7.29. The number of aryl methyl sites for hydroxylation is 1. The summed E-state index contributed by atoms with van der Waals surface area (Å²) in [5.41, 5.74) is 0.176. The first kappa shape index (κ1) is 19.9. The highest BCUT2D eigenvalue weighted by Crippen LogP contribution is 2.33. The van der Waals surface area contributed by atoms with Gasteiger partial charge in [0, 0.05) is 5.56 Å². The van der Waals surface area contributed by atoms with Gasteiger partial charge in [0.25, 0.3) is 0 Å². The molecule has 0 aliphatic carbocycles. The van der Waals surface area contributed by atoms with Gasteiger partial charge in [-0.25, -0.2) is 4.39 Å². The Labute approximate surface area is 146 Å². The molecule has 2 rings (SSSR count). The predicted molar refractivity (Wildman–Crippen MR) is 86.5 cm³/mol. The van der Waals surface area contributed by atoms with Crippen LogP contribution in [0.1, 0.15) is 30.0 Å². The summed E-state index contributed by atoms with van der Waals surface area (Å²) in [7, 11) is 0. The van der Waals surface area contributed by atoms with Gasteiger partial charge < -0.3 is 4.74 Å². The van der Waals surface area contributed by atoms with Gasteiger partial charge in [0.05, 0.1) is 11.6 Å². The lowest BCUT2D eigenvalue weighted by molar-refractivity contribution is -0.185. The maximum atomic E-state index is 14.2. The fraction of sp³-hybridized carbons (Fsp3) is 0.263. The topological polar surface area (TPSA) is 9.23 Å². The van der Waals surface area contributed by atoms with Crippen LogP contribution >= 0.6 is 0 Å². The molecule has 0 bridgehead atoms. The third-order valence-corrected chi connectivity index (χ3v) is 3.50. The van der Waals surface area contributed by atoms with Gasteiger partial charge in [0.2, 0.25) is 0 Å². The Morgan fingerprint density at radius 2 is 1.50 bits per heavy atom. The average Bonchev–Trinajstić information content (AvgIpc) is 2.54. The molecule has 0 amide bonds. The molecule has 1 nitrogen and oxygen atoms in total. The Balaban J connectivity index is 2.13. The molecule has 0 radical (unpaired) electrons. The van der Waals surface area contributed by atoms with Crippen LogP contribution < -0.4 is 4.74 Å². The Hall–Kier alpha value is -2.44. The highest BCUT2D eigenvalue weighted by molar-refractivity contribution is 5.60. The van der Waals surface area contributed by atoms with E-state index in [2.05, 4.69) is 4.74 Å². The van der Waals surface area contributed by atoms with Crippen molar-refractivity contribution in [3.63, 3.8) is 0 Å². The SMILES string of the molecule is CCCc1ccc(C(F)(F)Oc2ccc(/C(F)=C/C(F)(F)F)cc2)cc1. The number of hydrogen-bond acceptors (Lipinski definition) is 1. The number of allylic oxidation sites excluding steroid dienone is 1. The van der Waals surface area contributed by atoms with Crippen LogP contribution in [0.25, 0.3) is 5.83 Å². The van der Waals surface area contributed by atoms with E-state index in [0.717, 1.165) is 42.7 Å². The lowest BCUT2D eigenvalue weighted by atomic mass is 10.1. The van der Waals surface area contributed by atoms with Gasteiger partial charge in [0.15, 0.2) is 0 Å². The lowest BCUT2D eigenvalue weighted by Gasteiger charge is -2.18. The summed E-state index contributed by atoms with van der Waals surface area (Å²) in [6, 6.07) is 9.51. The van der Waals surface area contributed by atoms with Crippen LogP contribution in [-0.2, 0) is 12.5 Å². The molecule has 0 fully saturated rings. The molecule has 0 saturated carbocycles. The molecule has 26 heavy (non-hydrogen) atoms. The number of alkyl halides is 5. The molecule has 7 heteroatoms. The molecule has 0 heterocycles. The van der Waals surface area contributed by atoms with E-state index in [1.807, 2.05) is 6.92 Å². The molecule has 0 spiro atoms. The van der Waals surface area contributed by atoms with Crippen molar-refractivity contribution in [2.75, 3.05) is 0 Å². The molecule has 0 saturated heterocycles. The predicted octanol–water partition coefficient (Wildman–Crippen LogP) is 6.64. The molecule has 0 aromatic heterocycles. The zero-order valence-corrected chi connectivity index (χ0v) is 13.8. The summed E-state index contributed by atoms with van der Waals surface area (Å²) in [5, 5.41) is 0. The first-order valence-corrected chi connectivity index (χ1v) is 7.82. The van der Waals surface area contributed by atoms with Crippen LogP contribution in [0, 0.1) is 0 Å². The van der Waals surface area contributed by atoms with E-state index < -0.39 is 24.2 Å². The van der Waals surface area contributed by atoms with Gasteiger partial charge >= 0.3 is 12.3 Å². The molecule has 140 valence electrons. The second kappa shape index (κ2) is 7.85. The van der Waals surface area contributed by atoms with E-state index in [4.69, 9.17) is 0 Å². The highest BCUT2D eigenvalue weighted by Gasteiger charge is 2.34. The van der Waals surface area contributed by atoms with E-state index in [1.54, 1.807) is 12.1 Å². The van der Waals surface area contributed by atoms with Crippen molar-refractivity contribution in [2.45, 2.75) is 32.1 Å². The molecule has 0 unspecified atom stereocenters. The first-order chi connectivity index (χ1) is 12.1. The number of halogens is 6. The van der Waals surface area contributed by atoms with Gasteiger partial charge in [-0.15, -0.1) is 0 Å². The van der Waals surface area contributed by atoms with Crippen LogP contribution in [-0.4, -0.2) is 6.18 Å². The Morgan fingerprint density at radius 3 is 2.00 bits per heavy atom. The summed E-state index contributed by atoms with van der Waals surface area (Å²) in [4.78, 5) is 0. The highest BCUT2D eigenvalue weighted by atomic mass is 19.4. The summed E-state index contributed by atoms with van der Waals surface area (Å²) in [5.74, 6) is -1.81. The van der Waals surface area contributed by atoms with Gasteiger partial charge in [-0.3, -0.25) is 0 Å². The molecule has 0 N–H and O–H groups in total. The minimum absolute atomic E-state index is 0.295. The zero-order valence-electron chi connectivity index (χ0n) is 13.8. The minimum atomic E-state index is -4.81. The monoisotopic (exact) mass is 374 g/mol. The smallest absolute Gasteiger partial charge is 0.426 e. The second-order valence-electron chi connectivity index (χ2n) is 5.62. The summed E-state index contributed by atoms with van der Waals surface area (Å²) < 4.78 is 82.8. The van der Waals surface area contributed by atoms with E-state index in [-0.39, 0.29) is 16.9 Å². The van der Waals surface area contributed by atoms with Crippen LogP contribution in [0.2, 0.25) is 0 Å². The third kappa shape index (κ3) is 5.54. The van der Waals surface area contributed by atoms with Crippen molar-refractivity contribution in [1.29, 1.82) is 0 Å². The number of ether oxygens (including phenoxy) is 1. The number of hydrogen-bond donors (Lipinski definition) is 0. The average molecular weight is 374 g/mol. The zero-order chi connectivity index (χ0) is 19.4.